The van der Waals surface area contributed by atoms with E-state index in [1.54, 1.807) is 23.9 Å². The lowest BCUT2D eigenvalue weighted by Crippen LogP contribution is -2.15. The van der Waals surface area contributed by atoms with E-state index in [9.17, 15) is 4.79 Å². The zero-order valence-corrected chi connectivity index (χ0v) is 19.1. The highest BCUT2D eigenvalue weighted by Crippen LogP contribution is 2.23. The van der Waals surface area contributed by atoms with Gasteiger partial charge in [0, 0.05) is 23.0 Å². The van der Waals surface area contributed by atoms with Crippen LogP contribution in [-0.2, 0) is 22.8 Å². The molecular weight excluding hydrogens is 436 g/mol. The third-order valence-corrected chi connectivity index (χ3v) is 6.46. The summed E-state index contributed by atoms with van der Waals surface area (Å²) >= 11 is 9.17. The smallest absolute Gasteiger partial charge is 0.234 e. The number of nitrogens with one attached hydrogen (secondary N) is 1. The molecule has 0 fully saturated rings. The predicted octanol–water partition coefficient (Wildman–Crippen LogP) is 5.59. The van der Waals surface area contributed by atoms with Crippen molar-refractivity contribution in [1.82, 2.24) is 14.8 Å². The van der Waals surface area contributed by atoms with Gasteiger partial charge < -0.3 is 9.88 Å². The van der Waals surface area contributed by atoms with Crippen LogP contribution >= 0.6 is 35.1 Å². The van der Waals surface area contributed by atoms with Crippen molar-refractivity contribution in [2.24, 2.45) is 0 Å². The molecule has 0 aliphatic carbocycles. The van der Waals surface area contributed by atoms with E-state index in [4.69, 9.17) is 11.6 Å². The number of carbonyl (C=O) groups is 1. The summed E-state index contributed by atoms with van der Waals surface area (Å²) in [5, 5.41) is 12.8. The molecule has 3 aromatic rings. The fourth-order valence-electron chi connectivity index (χ4n) is 2.72. The second kappa shape index (κ2) is 11.2. The number of aryl methyl sites for hydroxylation is 1. The minimum absolute atomic E-state index is 0.112. The van der Waals surface area contributed by atoms with Gasteiger partial charge in [-0.2, -0.15) is 0 Å². The quantitative estimate of drug-likeness (QED) is 0.317. The lowest BCUT2D eigenvalue weighted by atomic mass is 10.2. The van der Waals surface area contributed by atoms with Crippen LogP contribution in [0.1, 0.15) is 17.0 Å². The molecule has 1 N–H and O–H groups in total. The van der Waals surface area contributed by atoms with Crippen LogP contribution in [0.5, 0.6) is 0 Å². The van der Waals surface area contributed by atoms with E-state index in [0.29, 0.717) is 16.7 Å². The first kappa shape index (κ1) is 22.5. The molecule has 30 heavy (non-hydrogen) atoms. The summed E-state index contributed by atoms with van der Waals surface area (Å²) in [4.78, 5) is 12.4. The number of hydrogen-bond donors (Lipinski definition) is 1. The third-order valence-electron chi connectivity index (χ3n) is 4.25. The van der Waals surface area contributed by atoms with Crippen molar-refractivity contribution in [3.05, 3.63) is 83.2 Å². The van der Waals surface area contributed by atoms with E-state index >= 15 is 0 Å². The Kier molecular flexibility index (Phi) is 8.42. The van der Waals surface area contributed by atoms with Crippen LogP contribution in [-0.4, -0.2) is 26.4 Å². The average Bonchev–Trinajstić information content (AvgIpc) is 3.12. The van der Waals surface area contributed by atoms with Crippen molar-refractivity contribution >= 4 is 46.7 Å². The van der Waals surface area contributed by atoms with Crippen molar-refractivity contribution in [2.75, 3.05) is 11.1 Å². The molecule has 0 aliphatic heterocycles. The van der Waals surface area contributed by atoms with Crippen LogP contribution in [0.15, 0.2) is 66.3 Å². The van der Waals surface area contributed by atoms with E-state index in [0.717, 1.165) is 28.6 Å². The largest absolute Gasteiger partial charge is 0.325 e. The number of amides is 1. The number of allylic oxidation sites excluding steroid dienone is 1. The number of carbonyl (C=O) groups excluding carboxylic acids is 1. The van der Waals surface area contributed by atoms with Crippen molar-refractivity contribution in [1.29, 1.82) is 0 Å². The molecule has 0 aliphatic rings. The Morgan fingerprint density at radius 3 is 2.77 bits per heavy atom. The molecule has 0 bridgehead atoms. The van der Waals surface area contributed by atoms with Crippen LogP contribution in [0, 0.1) is 6.92 Å². The molecule has 1 heterocycles. The van der Waals surface area contributed by atoms with Crippen LogP contribution in [0.25, 0.3) is 0 Å². The molecule has 1 amide bonds. The number of rotatable bonds is 10. The molecule has 2 aromatic carbocycles. The number of anilines is 1. The Morgan fingerprint density at radius 2 is 2.00 bits per heavy atom. The summed E-state index contributed by atoms with van der Waals surface area (Å²) in [6, 6.07) is 15.8. The second-order valence-corrected chi connectivity index (χ2v) is 8.94. The van der Waals surface area contributed by atoms with Gasteiger partial charge in [0.05, 0.1) is 11.5 Å². The Bertz CT molecular complexity index is 1010. The minimum atomic E-state index is -0.112. The number of aromatic nitrogens is 3. The highest BCUT2D eigenvalue weighted by Gasteiger charge is 2.14. The van der Waals surface area contributed by atoms with E-state index in [-0.39, 0.29) is 11.7 Å². The summed E-state index contributed by atoms with van der Waals surface area (Å²) in [5.74, 6) is 2.65. The van der Waals surface area contributed by atoms with E-state index in [1.807, 2.05) is 41.8 Å². The molecule has 3 rings (SSSR count). The third kappa shape index (κ3) is 6.39. The number of hydrogen-bond acceptors (Lipinski definition) is 5. The van der Waals surface area contributed by atoms with E-state index < -0.39 is 0 Å². The molecular formula is C22H23ClN4OS2. The maximum absolute atomic E-state index is 12.4. The van der Waals surface area contributed by atoms with Gasteiger partial charge in [-0.3, -0.25) is 4.79 Å². The Labute approximate surface area is 190 Å². The monoisotopic (exact) mass is 458 g/mol. The SMILES string of the molecule is C=CCn1c(CSCc2ccccc2)nnc1SCC(=O)Nc1cc(Cl)ccc1C. The first-order chi connectivity index (χ1) is 14.6. The molecule has 0 spiro atoms. The molecule has 0 unspecified atom stereocenters. The molecule has 0 saturated carbocycles. The Hall–Kier alpha value is -2.22. The molecule has 156 valence electrons. The number of benzene rings is 2. The van der Waals surface area contributed by atoms with Crippen LogP contribution < -0.4 is 5.32 Å². The zero-order chi connectivity index (χ0) is 21.3. The van der Waals surface area contributed by atoms with Gasteiger partial charge in [0.15, 0.2) is 5.16 Å². The van der Waals surface area contributed by atoms with Gasteiger partial charge in [-0.1, -0.05) is 65.8 Å². The standard InChI is InChI=1S/C22H23ClN4OS2/c1-3-11-27-20(14-29-13-17-7-5-4-6-8-17)25-26-22(27)30-15-21(28)24-19-12-18(23)10-9-16(19)2/h3-10,12H,1,11,13-15H2,2H3,(H,24,28). The highest BCUT2D eigenvalue weighted by molar-refractivity contribution is 7.99. The van der Waals surface area contributed by atoms with Crippen LogP contribution in [0.3, 0.4) is 0 Å². The van der Waals surface area contributed by atoms with Gasteiger partial charge in [-0.15, -0.1) is 28.5 Å². The molecule has 5 nitrogen and oxygen atoms in total. The van der Waals surface area contributed by atoms with Crippen molar-refractivity contribution in [3.8, 4) is 0 Å². The average molecular weight is 459 g/mol. The van der Waals surface area contributed by atoms with Gasteiger partial charge in [-0.25, -0.2) is 0 Å². The molecule has 0 saturated heterocycles. The normalized spacial score (nSPS) is 10.7. The van der Waals surface area contributed by atoms with Crippen LogP contribution in [0.2, 0.25) is 5.02 Å². The van der Waals surface area contributed by atoms with Gasteiger partial charge in [-0.05, 0) is 30.2 Å². The first-order valence-electron chi connectivity index (χ1n) is 9.40. The molecule has 1 aromatic heterocycles. The van der Waals surface area contributed by atoms with E-state index in [1.165, 1.54) is 17.3 Å². The second-order valence-electron chi connectivity index (χ2n) is 6.57. The van der Waals surface area contributed by atoms with E-state index in [2.05, 4.69) is 34.2 Å². The minimum Gasteiger partial charge on any atom is -0.325 e. The van der Waals surface area contributed by atoms with Crippen LogP contribution in [0.4, 0.5) is 5.69 Å². The molecule has 8 heteroatoms. The zero-order valence-electron chi connectivity index (χ0n) is 16.7. The topological polar surface area (TPSA) is 59.8 Å². The predicted molar refractivity (Wildman–Crippen MR) is 127 cm³/mol. The summed E-state index contributed by atoms with van der Waals surface area (Å²) in [5.41, 5.74) is 2.96. The molecule has 0 radical (unpaired) electrons. The van der Waals surface area contributed by atoms with Crippen molar-refractivity contribution in [3.63, 3.8) is 0 Å². The highest BCUT2D eigenvalue weighted by atomic mass is 35.5. The Balaban J connectivity index is 1.58. The number of nitrogens with zero attached hydrogens (tertiary/aromatic N) is 3. The van der Waals surface area contributed by atoms with Crippen molar-refractivity contribution in [2.45, 2.75) is 30.1 Å². The lowest BCUT2D eigenvalue weighted by molar-refractivity contribution is -0.113. The van der Waals surface area contributed by atoms with Gasteiger partial charge in [0.2, 0.25) is 5.91 Å². The van der Waals surface area contributed by atoms with Gasteiger partial charge in [0.25, 0.3) is 0 Å². The summed E-state index contributed by atoms with van der Waals surface area (Å²) in [7, 11) is 0. The summed E-state index contributed by atoms with van der Waals surface area (Å²) < 4.78 is 2.01. The maximum Gasteiger partial charge on any atom is 0.234 e. The van der Waals surface area contributed by atoms with Gasteiger partial charge in [0.1, 0.15) is 5.82 Å². The van der Waals surface area contributed by atoms with Gasteiger partial charge >= 0.3 is 0 Å². The fraction of sp³-hybridized carbons (Fsp3) is 0.227. The molecule has 0 atom stereocenters. The van der Waals surface area contributed by atoms with Crippen molar-refractivity contribution < 1.29 is 4.79 Å². The first-order valence-corrected chi connectivity index (χ1v) is 11.9. The summed E-state index contributed by atoms with van der Waals surface area (Å²) in [6.45, 7) is 6.36. The maximum atomic E-state index is 12.4. The lowest BCUT2D eigenvalue weighted by Gasteiger charge is -2.10. The summed E-state index contributed by atoms with van der Waals surface area (Å²) in [6.07, 6.45) is 1.81. The fourth-order valence-corrected chi connectivity index (χ4v) is 4.59. The number of halogens is 1. The Morgan fingerprint density at radius 1 is 1.20 bits per heavy atom. The number of thioether (sulfide) groups is 2.